The SMILES string of the molecule is C=CC(=O)N1CC2(CCN(c3nc(C4C(C)CCC5NNCC54)c4ncn(C)c4n3)C2)C1. The Morgan fingerprint density at radius 3 is 2.94 bits per heavy atom. The van der Waals surface area contributed by atoms with E-state index in [1.54, 1.807) is 0 Å². The minimum Gasteiger partial charge on any atom is -0.340 e. The first-order chi connectivity index (χ1) is 15.5. The lowest BCUT2D eigenvalue weighted by Crippen LogP contribution is -2.59. The van der Waals surface area contributed by atoms with E-state index >= 15 is 0 Å². The second-order valence-electron chi connectivity index (χ2n) is 10.4. The molecule has 1 amide bonds. The highest BCUT2D eigenvalue weighted by Gasteiger charge is 2.50. The van der Waals surface area contributed by atoms with Gasteiger partial charge in [0.2, 0.25) is 11.9 Å². The molecule has 6 rings (SSSR count). The fourth-order valence-electron chi connectivity index (χ4n) is 6.54. The molecule has 2 aromatic rings. The third kappa shape index (κ3) is 2.97. The van der Waals surface area contributed by atoms with Crippen LogP contribution in [0.3, 0.4) is 0 Å². The minimum absolute atomic E-state index is 0.0311. The Morgan fingerprint density at radius 2 is 2.12 bits per heavy atom. The van der Waals surface area contributed by atoms with Gasteiger partial charge in [-0.2, -0.15) is 4.98 Å². The van der Waals surface area contributed by atoms with Crippen LogP contribution in [0.15, 0.2) is 19.0 Å². The standard InChI is InChI=1S/C23H32N8O/c1-4-17(32)31-11-23(12-31)7-8-30(10-23)22-26-19(20-21(27-22)29(3)13-24-20)18-14(2)5-6-16-15(18)9-25-28-16/h4,13-16,18,25,28H,1,5-12H2,2-3H3. The highest BCUT2D eigenvalue weighted by Crippen LogP contribution is 2.45. The number of rotatable bonds is 3. The van der Waals surface area contributed by atoms with Gasteiger partial charge >= 0.3 is 0 Å². The predicted molar refractivity (Wildman–Crippen MR) is 122 cm³/mol. The number of aryl methyl sites for hydroxylation is 1. The van der Waals surface area contributed by atoms with E-state index in [0.717, 1.165) is 62.0 Å². The van der Waals surface area contributed by atoms with Gasteiger partial charge in [-0.15, -0.1) is 0 Å². The van der Waals surface area contributed by atoms with Crippen molar-refractivity contribution in [3.8, 4) is 0 Å². The van der Waals surface area contributed by atoms with Gasteiger partial charge in [0, 0.05) is 57.1 Å². The van der Waals surface area contributed by atoms with Crippen molar-refractivity contribution >= 4 is 23.0 Å². The smallest absolute Gasteiger partial charge is 0.245 e. The molecular weight excluding hydrogens is 404 g/mol. The van der Waals surface area contributed by atoms with Crippen LogP contribution in [0.1, 0.15) is 37.8 Å². The molecule has 4 unspecified atom stereocenters. The molecule has 0 radical (unpaired) electrons. The largest absolute Gasteiger partial charge is 0.340 e. The maximum absolute atomic E-state index is 11.9. The number of anilines is 1. The average molecular weight is 437 g/mol. The van der Waals surface area contributed by atoms with Crippen molar-refractivity contribution in [1.82, 2.24) is 35.3 Å². The number of hydrazine groups is 1. The van der Waals surface area contributed by atoms with E-state index in [0.29, 0.717) is 23.8 Å². The second kappa shape index (κ2) is 7.25. The predicted octanol–water partition coefficient (Wildman–Crippen LogP) is 1.19. The number of carbonyl (C=O) groups excluding carboxylic acids is 1. The lowest BCUT2D eigenvalue weighted by Gasteiger charge is -2.47. The Balaban J connectivity index is 1.34. The maximum atomic E-state index is 11.9. The molecule has 1 saturated carbocycles. The Morgan fingerprint density at radius 1 is 1.28 bits per heavy atom. The molecule has 1 aliphatic carbocycles. The number of fused-ring (bicyclic) bond motifs is 2. The number of nitrogens with zero attached hydrogens (tertiary/aromatic N) is 6. The average Bonchev–Trinajstić information content (AvgIpc) is 3.50. The molecule has 0 bridgehead atoms. The van der Waals surface area contributed by atoms with E-state index in [1.165, 1.54) is 18.9 Å². The molecule has 4 atom stereocenters. The highest BCUT2D eigenvalue weighted by molar-refractivity contribution is 5.87. The Hall–Kier alpha value is -2.52. The monoisotopic (exact) mass is 436 g/mol. The van der Waals surface area contributed by atoms with Crippen LogP contribution in [0.2, 0.25) is 0 Å². The quantitative estimate of drug-likeness (QED) is 0.699. The van der Waals surface area contributed by atoms with Crippen molar-refractivity contribution in [2.75, 3.05) is 37.6 Å². The molecule has 3 aliphatic heterocycles. The second-order valence-corrected chi connectivity index (χ2v) is 10.4. The molecule has 3 saturated heterocycles. The van der Waals surface area contributed by atoms with Crippen molar-refractivity contribution in [3.63, 3.8) is 0 Å². The van der Waals surface area contributed by atoms with Gasteiger partial charge in [-0.05, 0) is 37.2 Å². The van der Waals surface area contributed by atoms with E-state index in [1.807, 2.05) is 22.8 Å². The summed E-state index contributed by atoms with van der Waals surface area (Å²) in [4.78, 5) is 31.0. The molecule has 4 fully saturated rings. The Kier molecular flexibility index (Phi) is 4.55. The molecule has 9 heteroatoms. The topological polar surface area (TPSA) is 91.2 Å². The van der Waals surface area contributed by atoms with Crippen molar-refractivity contribution < 1.29 is 4.79 Å². The molecule has 2 aromatic heterocycles. The highest BCUT2D eigenvalue weighted by atomic mass is 16.2. The first-order valence-electron chi connectivity index (χ1n) is 11.8. The van der Waals surface area contributed by atoms with Gasteiger partial charge in [0.15, 0.2) is 5.65 Å². The van der Waals surface area contributed by atoms with Crippen molar-refractivity contribution in [1.29, 1.82) is 0 Å². The van der Waals surface area contributed by atoms with Gasteiger partial charge in [-0.1, -0.05) is 13.5 Å². The first kappa shape index (κ1) is 20.1. The third-order valence-electron chi connectivity index (χ3n) is 8.30. The molecule has 4 aliphatic rings. The molecule has 5 heterocycles. The lowest BCUT2D eigenvalue weighted by molar-refractivity contribution is -0.136. The minimum atomic E-state index is 0.0311. The Labute approximate surface area is 188 Å². The van der Waals surface area contributed by atoms with Crippen LogP contribution in [0.4, 0.5) is 5.95 Å². The summed E-state index contributed by atoms with van der Waals surface area (Å²) >= 11 is 0. The van der Waals surface area contributed by atoms with Crippen LogP contribution < -0.4 is 15.8 Å². The van der Waals surface area contributed by atoms with Gasteiger partial charge in [0.1, 0.15) is 5.52 Å². The number of amides is 1. The van der Waals surface area contributed by atoms with Gasteiger partial charge in [-0.3, -0.25) is 15.6 Å². The van der Waals surface area contributed by atoms with Crippen LogP contribution in [-0.4, -0.2) is 69.1 Å². The van der Waals surface area contributed by atoms with Crippen molar-refractivity contribution in [2.24, 2.45) is 24.3 Å². The zero-order valence-electron chi connectivity index (χ0n) is 18.9. The maximum Gasteiger partial charge on any atom is 0.245 e. The number of aromatic nitrogens is 4. The van der Waals surface area contributed by atoms with Crippen molar-refractivity contribution in [2.45, 2.75) is 38.1 Å². The van der Waals surface area contributed by atoms with Gasteiger partial charge in [0.25, 0.3) is 0 Å². The summed E-state index contributed by atoms with van der Waals surface area (Å²) in [6.45, 7) is 10.4. The molecule has 32 heavy (non-hydrogen) atoms. The zero-order chi connectivity index (χ0) is 22.0. The van der Waals surface area contributed by atoms with E-state index < -0.39 is 0 Å². The van der Waals surface area contributed by atoms with Gasteiger partial charge < -0.3 is 14.4 Å². The normalized spacial score (nSPS) is 31.2. The summed E-state index contributed by atoms with van der Waals surface area (Å²) in [6, 6.07) is 0.492. The molecule has 0 aromatic carbocycles. The fraction of sp³-hybridized carbons (Fsp3) is 0.652. The van der Waals surface area contributed by atoms with Crippen LogP contribution in [-0.2, 0) is 11.8 Å². The van der Waals surface area contributed by atoms with Crippen LogP contribution in [0.25, 0.3) is 11.2 Å². The van der Waals surface area contributed by atoms with Crippen molar-refractivity contribution in [3.05, 3.63) is 24.7 Å². The van der Waals surface area contributed by atoms with E-state index in [4.69, 9.17) is 15.0 Å². The summed E-state index contributed by atoms with van der Waals surface area (Å²) in [5.41, 5.74) is 9.99. The summed E-state index contributed by atoms with van der Waals surface area (Å²) in [5.74, 6) is 2.28. The summed E-state index contributed by atoms with van der Waals surface area (Å²) in [5, 5.41) is 0. The van der Waals surface area contributed by atoms with Gasteiger partial charge in [0.05, 0.1) is 12.0 Å². The molecular formula is C23H32N8O. The number of hydrogen-bond donors (Lipinski definition) is 2. The molecule has 1 spiro atoms. The van der Waals surface area contributed by atoms with E-state index in [2.05, 4.69) is 29.3 Å². The number of nitrogens with one attached hydrogen (secondary N) is 2. The van der Waals surface area contributed by atoms with Crippen LogP contribution >= 0.6 is 0 Å². The Bertz CT molecular complexity index is 1070. The fourth-order valence-corrected chi connectivity index (χ4v) is 6.54. The zero-order valence-corrected chi connectivity index (χ0v) is 18.9. The van der Waals surface area contributed by atoms with Crippen LogP contribution in [0.5, 0.6) is 0 Å². The summed E-state index contributed by atoms with van der Waals surface area (Å²) in [6.07, 6.45) is 6.73. The number of hydrogen-bond acceptors (Lipinski definition) is 7. The summed E-state index contributed by atoms with van der Waals surface area (Å²) in [7, 11) is 2.01. The van der Waals surface area contributed by atoms with E-state index in [9.17, 15) is 4.79 Å². The number of carbonyl (C=O) groups is 1. The molecule has 9 nitrogen and oxygen atoms in total. The number of imidazole rings is 1. The van der Waals surface area contributed by atoms with Crippen LogP contribution in [0, 0.1) is 17.3 Å². The lowest BCUT2D eigenvalue weighted by atomic mass is 9.69. The molecule has 2 N–H and O–H groups in total. The summed E-state index contributed by atoms with van der Waals surface area (Å²) < 4.78 is 2.01. The third-order valence-corrected chi connectivity index (χ3v) is 8.30. The molecule has 170 valence electrons. The number of likely N-dealkylation sites (tertiary alicyclic amines) is 1. The van der Waals surface area contributed by atoms with E-state index in [-0.39, 0.29) is 11.3 Å². The van der Waals surface area contributed by atoms with Gasteiger partial charge in [-0.25, -0.2) is 9.97 Å². The first-order valence-corrected chi connectivity index (χ1v) is 11.8.